The third-order valence-corrected chi connectivity index (χ3v) is 7.42. The molecule has 1 unspecified atom stereocenters. The summed E-state index contributed by atoms with van der Waals surface area (Å²) in [7, 11) is 2.20. The summed E-state index contributed by atoms with van der Waals surface area (Å²) >= 11 is 0. The highest BCUT2D eigenvalue weighted by molar-refractivity contribution is 5.59. The zero-order chi connectivity index (χ0) is 28.2. The number of hydrogen-bond acceptors (Lipinski definition) is 8. The van der Waals surface area contributed by atoms with Crippen molar-refractivity contribution in [2.24, 2.45) is 5.41 Å². The molecule has 4 heterocycles. The zero-order valence-corrected chi connectivity index (χ0v) is 24.0. The topological polar surface area (TPSA) is 91.7 Å². The molecule has 8 nitrogen and oxygen atoms in total. The van der Waals surface area contributed by atoms with Gasteiger partial charge in [0, 0.05) is 50.2 Å². The minimum Gasteiger partial charge on any atom is -0.468 e. The van der Waals surface area contributed by atoms with Gasteiger partial charge in [-0.05, 0) is 57.6 Å². The van der Waals surface area contributed by atoms with E-state index in [2.05, 4.69) is 36.5 Å². The fourth-order valence-electron chi connectivity index (χ4n) is 5.89. The van der Waals surface area contributed by atoms with E-state index in [4.69, 9.17) is 0 Å². The Bertz CT molecular complexity index is 964. The molecule has 38 heavy (non-hydrogen) atoms. The number of halogens is 1. The Hall–Kier alpha value is -2.49. The van der Waals surface area contributed by atoms with Crippen LogP contribution in [0.3, 0.4) is 0 Å². The van der Waals surface area contributed by atoms with Gasteiger partial charge in [-0.1, -0.05) is 27.7 Å². The summed E-state index contributed by atoms with van der Waals surface area (Å²) in [5, 5.41) is 11.5. The van der Waals surface area contributed by atoms with E-state index in [1.54, 1.807) is 25.5 Å². The molecule has 2 saturated heterocycles. The van der Waals surface area contributed by atoms with Crippen LogP contribution in [0.1, 0.15) is 72.3 Å². The van der Waals surface area contributed by atoms with Crippen molar-refractivity contribution >= 4 is 6.47 Å². The molecule has 1 aliphatic carbocycles. The third kappa shape index (κ3) is 7.77. The van der Waals surface area contributed by atoms with Crippen LogP contribution in [0.25, 0.3) is 11.4 Å². The maximum absolute atomic E-state index is 14.0. The Labute approximate surface area is 227 Å². The van der Waals surface area contributed by atoms with Crippen LogP contribution in [-0.2, 0) is 15.1 Å². The average Bonchev–Trinajstić information content (AvgIpc) is 3.38. The van der Waals surface area contributed by atoms with E-state index in [0.29, 0.717) is 54.3 Å². The summed E-state index contributed by atoms with van der Waals surface area (Å²) in [4.78, 5) is 26.8. The van der Waals surface area contributed by atoms with Gasteiger partial charge >= 0.3 is 0 Å². The fourth-order valence-corrected chi connectivity index (χ4v) is 5.89. The molecular formula is C29H46FN5O3. The number of hydrogen-bond donors (Lipinski definition) is 1. The first-order valence-electron chi connectivity index (χ1n) is 14.0. The van der Waals surface area contributed by atoms with Crippen molar-refractivity contribution < 1.29 is 19.0 Å². The molecule has 1 N–H and O–H groups in total. The van der Waals surface area contributed by atoms with Gasteiger partial charge < -0.3 is 19.6 Å². The summed E-state index contributed by atoms with van der Waals surface area (Å²) in [5.41, 5.74) is 1.05. The molecule has 2 aliphatic heterocycles. The number of carbonyl (C=O) groups is 1. The Morgan fingerprint density at radius 2 is 1.79 bits per heavy atom. The number of aromatic nitrogens is 3. The number of carbonyl (C=O) groups excluding carboxylic acids is 1. The van der Waals surface area contributed by atoms with Gasteiger partial charge in [0.15, 0.2) is 0 Å². The monoisotopic (exact) mass is 531 g/mol. The predicted molar refractivity (Wildman–Crippen MR) is 148 cm³/mol. The van der Waals surface area contributed by atoms with Crippen LogP contribution in [0.4, 0.5) is 4.39 Å². The second-order valence-corrected chi connectivity index (χ2v) is 9.83. The van der Waals surface area contributed by atoms with Gasteiger partial charge in [-0.15, -0.1) is 0 Å². The van der Waals surface area contributed by atoms with Gasteiger partial charge in [0.05, 0.1) is 30.3 Å². The Balaban J connectivity index is 0.000000500. The summed E-state index contributed by atoms with van der Waals surface area (Å²) < 4.78 is 18.2. The van der Waals surface area contributed by atoms with Crippen molar-refractivity contribution in [3.8, 4) is 11.4 Å². The van der Waals surface area contributed by atoms with Gasteiger partial charge in [0.2, 0.25) is 0 Å². The van der Waals surface area contributed by atoms with E-state index in [9.17, 15) is 14.3 Å². The van der Waals surface area contributed by atoms with Crippen molar-refractivity contribution in [1.29, 1.82) is 0 Å². The normalized spacial score (nSPS) is 21.4. The fraction of sp³-hybridized carbons (Fsp3) is 0.655. The van der Waals surface area contributed by atoms with Crippen LogP contribution in [0.15, 0.2) is 30.9 Å². The quantitative estimate of drug-likeness (QED) is 0.557. The van der Waals surface area contributed by atoms with Gasteiger partial charge in [-0.2, -0.15) is 0 Å². The first-order valence-corrected chi connectivity index (χ1v) is 14.0. The lowest BCUT2D eigenvalue weighted by molar-refractivity contribution is -0.128. The molecular weight excluding hydrogens is 485 g/mol. The van der Waals surface area contributed by atoms with Crippen molar-refractivity contribution in [3.05, 3.63) is 42.2 Å². The van der Waals surface area contributed by atoms with Crippen LogP contribution in [-0.4, -0.2) is 82.2 Å². The standard InChI is InChI=1S/C22H28FN5O.C3H6O2.2C2H6/c1-27-14-21(15-27)3-2-17(11-21)28-8-4-22(29,5-9-28)18-10-16(23)12-26-20(18)19-13-24-6-7-25-19;1-2-5-3-4;2*1-2/h6-7,10,12-13,17,29H,2-5,8-9,11,14-15H2,1H3;3H,2H2,1H3;2*1-2H3. The molecule has 1 saturated carbocycles. The van der Waals surface area contributed by atoms with Crippen LogP contribution in [0.2, 0.25) is 0 Å². The lowest BCUT2D eigenvalue weighted by Crippen LogP contribution is -2.54. The summed E-state index contributed by atoms with van der Waals surface area (Å²) in [6.07, 6.45) is 11.0. The molecule has 9 heteroatoms. The van der Waals surface area contributed by atoms with Gasteiger partial charge in [0.1, 0.15) is 11.5 Å². The number of aliphatic hydroxyl groups is 1. The van der Waals surface area contributed by atoms with E-state index in [0.717, 1.165) is 13.1 Å². The van der Waals surface area contributed by atoms with Crippen LogP contribution in [0.5, 0.6) is 0 Å². The maximum Gasteiger partial charge on any atom is 0.293 e. The van der Waals surface area contributed by atoms with E-state index in [1.807, 2.05) is 27.7 Å². The van der Waals surface area contributed by atoms with Crippen molar-refractivity contribution in [2.45, 2.75) is 78.4 Å². The Kier molecular flexibility index (Phi) is 12.7. The van der Waals surface area contributed by atoms with Crippen molar-refractivity contribution in [2.75, 3.05) is 39.8 Å². The van der Waals surface area contributed by atoms with Gasteiger partial charge in [-0.25, -0.2) is 4.39 Å². The molecule has 3 aliphatic rings. The molecule has 212 valence electrons. The second-order valence-electron chi connectivity index (χ2n) is 9.83. The molecule has 0 amide bonds. The molecule has 0 bridgehead atoms. The minimum absolute atomic E-state index is 0.431. The number of ether oxygens (including phenoxy) is 1. The minimum atomic E-state index is -1.09. The number of likely N-dealkylation sites (tertiary alicyclic amines) is 2. The van der Waals surface area contributed by atoms with Crippen LogP contribution < -0.4 is 0 Å². The second kappa shape index (κ2) is 15.2. The molecule has 3 fully saturated rings. The highest BCUT2D eigenvalue weighted by atomic mass is 19.1. The highest BCUT2D eigenvalue weighted by Crippen LogP contribution is 2.47. The first-order chi connectivity index (χ1) is 18.4. The van der Waals surface area contributed by atoms with Crippen LogP contribution in [0, 0.1) is 11.2 Å². The third-order valence-electron chi connectivity index (χ3n) is 7.42. The largest absolute Gasteiger partial charge is 0.468 e. The molecule has 0 radical (unpaired) electrons. The summed E-state index contributed by atoms with van der Waals surface area (Å²) in [6.45, 7) is 14.8. The lowest BCUT2D eigenvalue weighted by Gasteiger charge is -2.47. The Morgan fingerprint density at radius 3 is 2.32 bits per heavy atom. The predicted octanol–water partition coefficient (Wildman–Crippen LogP) is 4.68. The van der Waals surface area contributed by atoms with Crippen LogP contribution >= 0.6 is 0 Å². The average molecular weight is 532 g/mol. The van der Waals surface area contributed by atoms with Gasteiger partial charge in [0.25, 0.3) is 6.47 Å². The van der Waals surface area contributed by atoms with E-state index in [-0.39, 0.29) is 0 Å². The number of rotatable bonds is 5. The van der Waals surface area contributed by atoms with Crippen molar-refractivity contribution in [3.63, 3.8) is 0 Å². The number of nitrogens with zero attached hydrogens (tertiary/aromatic N) is 5. The zero-order valence-electron chi connectivity index (χ0n) is 24.0. The Morgan fingerprint density at radius 1 is 1.11 bits per heavy atom. The molecule has 2 aromatic rings. The number of piperidine rings is 1. The van der Waals surface area contributed by atoms with Gasteiger partial charge in [-0.3, -0.25) is 19.7 Å². The van der Waals surface area contributed by atoms with E-state index >= 15 is 0 Å². The summed E-state index contributed by atoms with van der Waals surface area (Å²) in [5.74, 6) is -0.435. The summed E-state index contributed by atoms with van der Waals surface area (Å²) in [6, 6.07) is 2.03. The maximum atomic E-state index is 14.0. The van der Waals surface area contributed by atoms with Crippen molar-refractivity contribution in [1.82, 2.24) is 24.8 Å². The molecule has 0 aromatic carbocycles. The number of pyridine rings is 1. The molecule has 1 spiro atoms. The smallest absolute Gasteiger partial charge is 0.293 e. The van der Waals surface area contributed by atoms with E-state index in [1.165, 1.54) is 44.6 Å². The SMILES string of the molecule is CC.CC.CCOC=O.CN1CC2(CCC(N3CCC(O)(c4cc(F)cnc4-c4cnccn4)CC3)C2)C1. The lowest BCUT2D eigenvalue weighted by atomic mass is 9.78. The molecule has 2 aromatic heterocycles. The van der Waals surface area contributed by atoms with E-state index < -0.39 is 11.4 Å². The molecule has 5 rings (SSSR count). The first kappa shape index (κ1) is 31.7. The highest BCUT2D eigenvalue weighted by Gasteiger charge is 2.49. The molecule has 1 atom stereocenters.